The highest BCUT2D eigenvalue weighted by molar-refractivity contribution is 7.20. The minimum absolute atomic E-state index is 0.127. The van der Waals surface area contributed by atoms with Gasteiger partial charge in [-0.1, -0.05) is 17.4 Å². The maximum absolute atomic E-state index is 13.8. The molecule has 2 aromatic heterocycles. The van der Waals surface area contributed by atoms with Crippen LogP contribution in [0.25, 0.3) is 15.3 Å². The summed E-state index contributed by atoms with van der Waals surface area (Å²) in [6.45, 7) is 1.83. The second-order valence-corrected chi connectivity index (χ2v) is 8.08. The number of aromatic nitrogens is 3. The molecular weight excluding hydrogens is 410 g/mol. The van der Waals surface area contributed by atoms with Crippen molar-refractivity contribution in [3.8, 4) is 10.9 Å². The summed E-state index contributed by atoms with van der Waals surface area (Å²) < 4.78 is 35.0. The first-order valence-corrected chi connectivity index (χ1v) is 10.1. The van der Waals surface area contributed by atoms with Crippen molar-refractivity contribution in [2.75, 3.05) is 12.4 Å². The summed E-state index contributed by atoms with van der Waals surface area (Å²) in [5.74, 6) is -1.28. The Morgan fingerprint density at radius 2 is 2.03 bits per heavy atom. The molecule has 1 N–H and O–H groups in total. The number of nitrogens with zero attached hydrogens (tertiary/aromatic N) is 3. The molecule has 0 fully saturated rings. The predicted molar refractivity (Wildman–Crippen MR) is 109 cm³/mol. The molecule has 3 heterocycles. The highest BCUT2D eigenvalue weighted by Gasteiger charge is 2.33. The number of nitrogens with one attached hydrogen (secondary N) is 1. The highest BCUT2D eigenvalue weighted by Crippen LogP contribution is 2.41. The molecular formula is C21H16F2N4O2S. The van der Waals surface area contributed by atoms with Gasteiger partial charge in [0, 0.05) is 17.9 Å². The van der Waals surface area contributed by atoms with Gasteiger partial charge < -0.3 is 10.1 Å². The lowest BCUT2D eigenvalue weighted by Gasteiger charge is -2.24. The van der Waals surface area contributed by atoms with E-state index in [2.05, 4.69) is 15.4 Å². The molecule has 9 heteroatoms. The number of amides is 1. The van der Waals surface area contributed by atoms with Gasteiger partial charge >= 0.3 is 0 Å². The number of rotatable bonds is 3. The average Bonchev–Trinajstić information content (AvgIpc) is 3.29. The molecule has 1 atom stereocenters. The molecule has 0 saturated carbocycles. The molecule has 0 saturated heterocycles. The van der Waals surface area contributed by atoms with Crippen molar-refractivity contribution in [3.05, 3.63) is 64.9 Å². The van der Waals surface area contributed by atoms with Crippen LogP contribution in [0.4, 0.5) is 14.6 Å². The summed E-state index contributed by atoms with van der Waals surface area (Å²) in [5, 5.41) is 8.07. The minimum atomic E-state index is -0.940. The van der Waals surface area contributed by atoms with E-state index >= 15 is 0 Å². The van der Waals surface area contributed by atoms with E-state index in [9.17, 15) is 13.6 Å². The van der Waals surface area contributed by atoms with E-state index in [4.69, 9.17) is 4.74 Å². The number of carbonyl (C=O) groups is 1. The Balaban J connectivity index is 1.65. The molecule has 152 valence electrons. The van der Waals surface area contributed by atoms with Crippen molar-refractivity contribution in [3.63, 3.8) is 0 Å². The van der Waals surface area contributed by atoms with E-state index in [1.165, 1.54) is 17.4 Å². The first kappa shape index (κ1) is 18.7. The normalized spacial score (nSPS) is 15.9. The maximum Gasteiger partial charge on any atom is 0.226 e. The lowest BCUT2D eigenvalue weighted by Crippen LogP contribution is -2.25. The van der Waals surface area contributed by atoms with Gasteiger partial charge in [-0.3, -0.25) is 4.79 Å². The van der Waals surface area contributed by atoms with Crippen molar-refractivity contribution in [1.82, 2.24) is 14.8 Å². The van der Waals surface area contributed by atoms with Crippen LogP contribution in [0, 0.1) is 18.6 Å². The Kier molecular flexibility index (Phi) is 4.28. The number of anilines is 1. The van der Waals surface area contributed by atoms with Gasteiger partial charge in [0.2, 0.25) is 11.0 Å². The lowest BCUT2D eigenvalue weighted by molar-refractivity contribution is -0.116. The van der Waals surface area contributed by atoms with E-state index in [0.29, 0.717) is 22.2 Å². The highest BCUT2D eigenvalue weighted by atomic mass is 32.1. The third kappa shape index (κ3) is 2.93. The van der Waals surface area contributed by atoms with Crippen LogP contribution in [-0.4, -0.2) is 27.8 Å². The van der Waals surface area contributed by atoms with Crippen LogP contribution in [0.3, 0.4) is 0 Å². The first-order chi connectivity index (χ1) is 14.4. The molecule has 6 nitrogen and oxygen atoms in total. The Bertz CT molecular complexity index is 1310. The Morgan fingerprint density at radius 1 is 1.20 bits per heavy atom. The average molecular weight is 426 g/mol. The first-order valence-electron chi connectivity index (χ1n) is 9.24. The molecule has 0 bridgehead atoms. The Morgan fingerprint density at radius 3 is 2.80 bits per heavy atom. The third-order valence-electron chi connectivity index (χ3n) is 5.21. The Hall–Kier alpha value is -3.33. The van der Waals surface area contributed by atoms with Gasteiger partial charge in [0.25, 0.3) is 0 Å². The topological polar surface area (TPSA) is 69.0 Å². The SMILES string of the molecule is COc1ccc2nc(-n3nc(C)c4c3NC(=O)CC4c3ccc(F)c(F)c3)sc2c1. The largest absolute Gasteiger partial charge is 0.497 e. The van der Waals surface area contributed by atoms with E-state index in [0.717, 1.165) is 33.7 Å². The standard InChI is InChI=1S/C21H16F2N4O2S/c1-10-19-13(11-3-5-14(22)15(23)7-11)9-18(28)25-20(19)27(26-10)21-24-16-6-4-12(29-2)8-17(16)30-21/h3-8,13H,9H2,1-2H3,(H,25,28). The quantitative estimate of drug-likeness (QED) is 0.522. The smallest absolute Gasteiger partial charge is 0.226 e. The van der Waals surface area contributed by atoms with Crippen molar-refractivity contribution in [2.24, 2.45) is 0 Å². The van der Waals surface area contributed by atoms with Gasteiger partial charge in [0.15, 0.2) is 11.6 Å². The van der Waals surface area contributed by atoms with Crippen LogP contribution in [0.2, 0.25) is 0 Å². The van der Waals surface area contributed by atoms with Gasteiger partial charge in [-0.2, -0.15) is 9.78 Å². The number of hydrogen-bond donors (Lipinski definition) is 1. The molecule has 1 aliphatic heterocycles. The molecule has 1 unspecified atom stereocenters. The van der Waals surface area contributed by atoms with E-state index in [-0.39, 0.29) is 12.3 Å². The molecule has 30 heavy (non-hydrogen) atoms. The number of fused-ring (bicyclic) bond motifs is 2. The zero-order valence-electron chi connectivity index (χ0n) is 16.1. The molecule has 2 aromatic carbocycles. The summed E-state index contributed by atoms with van der Waals surface area (Å²) in [4.78, 5) is 17.1. The van der Waals surface area contributed by atoms with Crippen LogP contribution in [-0.2, 0) is 4.79 Å². The van der Waals surface area contributed by atoms with Gasteiger partial charge in [-0.15, -0.1) is 0 Å². The van der Waals surface area contributed by atoms with Crippen molar-refractivity contribution >= 4 is 33.3 Å². The molecule has 1 aliphatic rings. The zero-order chi connectivity index (χ0) is 21.0. The minimum Gasteiger partial charge on any atom is -0.497 e. The maximum atomic E-state index is 13.8. The van der Waals surface area contributed by atoms with Crippen LogP contribution in [0.1, 0.15) is 29.2 Å². The number of methoxy groups -OCH3 is 1. The van der Waals surface area contributed by atoms with E-state index in [1.807, 2.05) is 25.1 Å². The van der Waals surface area contributed by atoms with Gasteiger partial charge in [0.05, 0.1) is 23.0 Å². The van der Waals surface area contributed by atoms with Crippen molar-refractivity contribution < 1.29 is 18.3 Å². The van der Waals surface area contributed by atoms with Crippen LogP contribution in [0.15, 0.2) is 36.4 Å². The summed E-state index contributed by atoms with van der Waals surface area (Å²) in [5.41, 5.74) is 2.78. The fraction of sp³-hybridized carbons (Fsp3) is 0.190. The molecule has 1 amide bonds. The molecule has 0 radical (unpaired) electrons. The number of benzene rings is 2. The number of ether oxygens (including phenoxy) is 1. The number of halogens is 2. The van der Waals surface area contributed by atoms with Crippen LogP contribution < -0.4 is 10.1 Å². The van der Waals surface area contributed by atoms with Crippen molar-refractivity contribution in [2.45, 2.75) is 19.3 Å². The lowest BCUT2D eigenvalue weighted by atomic mass is 9.86. The second kappa shape index (κ2) is 6.88. The third-order valence-corrected chi connectivity index (χ3v) is 6.21. The zero-order valence-corrected chi connectivity index (χ0v) is 16.9. The van der Waals surface area contributed by atoms with Crippen molar-refractivity contribution in [1.29, 1.82) is 0 Å². The fourth-order valence-corrected chi connectivity index (χ4v) is 4.76. The number of hydrogen-bond acceptors (Lipinski definition) is 5. The number of carbonyl (C=O) groups excluding carboxylic acids is 1. The molecule has 5 rings (SSSR count). The van der Waals surface area contributed by atoms with Gasteiger partial charge in [-0.25, -0.2) is 13.8 Å². The second-order valence-electron chi connectivity index (χ2n) is 7.07. The summed E-state index contributed by atoms with van der Waals surface area (Å²) in [7, 11) is 1.60. The summed E-state index contributed by atoms with van der Waals surface area (Å²) in [6.07, 6.45) is 0.127. The summed E-state index contributed by atoms with van der Waals surface area (Å²) >= 11 is 1.42. The predicted octanol–water partition coefficient (Wildman–Crippen LogP) is 4.55. The number of thiazole rings is 1. The number of aryl methyl sites for hydroxylation is 1. The van der Waals surface area contributed by atoms with Crippen LogP contribution in [0.5, 0.6) is 5.75 Å². The van der Waals surface area contributed by atoms with Crippen LogP contribution >= 0.6 is 11.3 Å². The van der Waals surface area contributed by atoms with E-state index in [1.54, 1.807) is 11.8 Å². The van der Waals surface area contributed by atoms with E-state index < -0.39 is 17.6 Å². The molecule has 0 aliphatic carbocycles. The fourth-order valence-electron chi connectivity index (χ4n) is 3.81. The van der Waals surface area contributed by atoms with Gasteiger partial charge in [0.1, 0.15) is 11.6 Å². The Labute approximate surface area is 174 Å². The monoisotopic (exact) mass is 426 g/mol. The summed E-state index contributed by atoms with van der Waals surface area (Å²) in [6, 6.07) is 9.31. The molecule has 0 spiro atoms. The van der Waals surface area contributed by atoms with Gasteiger partial charge in [-0.05, 0) is 42.8 Å². The molecule has 4 aromatic rings.